The van der Waals surface area contributed by atoms with Gasteiger partial charge in [0.1, 0.15) is 18.0 Å². The molecule has 1 aliphatic heterocycles. The van der Waals surface area contributed by atoms with E-state index >= 15 is 0 Å². The van der Waals surface area contributed by atoms with Gasteiger partial charge in [-0.3, -0.25) is 4.79 Å². The second-order valence-corrected chi connectivity index (χ2v) is 6.64. The topological polar surface area (TPSA) is 85.6 Å². The average molecular weight is 326 g/mol. The second-order valence-electron chi connectivity index (χ2n) is 6.64. The maximum absolute atomic E-state index is 12.4. The molecule has 3 heterocycles. The molecule has 1 N–H and O–H groups in total. The molecule has 0 aromatic carbocycles. The van der Waals surface area contributed by atoms with E-state index in [-0.39, 0.29) is 11.8 Å². The Balaban J connectivity index is 1.32. The third kappa shape index (κ3) is 2.90. The molecule has 1 amide bonds. The van der Waals surface area contributed by atoms with Crippen molar-refractivity contribution in [1.82, 2.24) is 30.0 Å². The van der Waals surface area contributed by atoms with Crippen LogP contribution in [-0.4, -0.2) is 37.2 Å². The van der Waals surface area contributed by atoms with E-state index in [9.17, 15) is 4.79 Å². The average Bonchev–Trinajstić information content (AvgIpc) is 3.22. The fraction of sp³-hybridized carbons (Fsp3) is 0.588. The van der Waals surface area contributed by atoms with Gasteiger partial charge in [0, 0.05) is 30.8 Å². The lowest BCUT2D eigenvalue weighted by Crippen LogP contribution is -2.37. The van der Waals surface area contributed by atoms with Crippen LogP contribution >= 0.6 is 0 Å². The SMILES string of the molecule is Cc1nc(CCNC(=O)C2CCc3ncnn3C2)nc2c1CCC2. The van der Waals surface area contributed by atoms with Gasteiger partial charge >= 0.3 is 0 Å². The van der Waals surface area contributed by atoms with E-state index < -0.39 is 0 Å². The Morgan fingerprint density at radius 1 is 1.33 bits per heavy atom. The van der Waals surface area contributed by atoms with Crippen molar-refractivity contribution < 1.29 is 4.79 Å². The standard InChI is InChI=1S/C17H22N6O/c1-11-13-3-2-4-14(13)22-15(21-11)7-8-18-17(24)12-5-6-16-19-10-20-23(16)9-12/h10,12H,2-9H2,1H3,(H,18,24). The highest BCUT2D eigenvalue weighted by Crippen LogP contribution is 2.22. The van der Waals surface area contributed by atoms with E-state index in [2.05, 4.69) is 32.3 Å². The Kier molecular flexibility index (Phi) is 4.00. The molecule has 2 aromatic rings. The lowest BCUT2D eigenvalue weighted by Gasteiger charge is -2.21. The molecule has 0 fully saturated rings. The van der Waals surface area contributed by atoms with Crippen LogP contribution in [0.15, 0.2) is 6.33 Å². The van der Waals surface area contributed by atoms with Crippen molar-refractivity contribution in [2.75, 3.05) is 6.54 Å². The van der Waals surface area contributed by atoms with E-state index in [1.165, 1.54) is 17.7 Å². The zero-order chi connectivity index (χ0) is 16.5. The van der Waals surface area contributed by atoms with Crippen LogP contribution in [0.3, 0.4) is 0 Å². The van der Waals surface area contributed by atoms with Gasteiger partial charge in [-0.1, -0.05) is 0 Å². The predicted molar refractivity (Wildman–Crippen MR) is 87.3 cm³/mol. The first-order chi connectivity index (χ1) is 11.7. The number of carbonyl (C=O) groups excluding carboxylic acids is 1. The maximum atomic E-state index is 12.4. The van der Waals surface area contributed by atoms with Crippen LogP contribution < -0.4 is 5.32 Å². The van der Waals surface area contributed by atoms with Crippen LogP contribution in [0.2, 0.25) is 0 Å². The number of fused-ring (bicyclic) bond motifs is 2. The molecule has 1 aliphatic carbocycles. The third-order valence-corrected chi connectivity index (χ3v) is 5.01. The van der Waals surface area contributed by atoms with Gasteiger partial charge in [-0.2, -0.15) is 5.10 Å². The van der Waals surface area contributed by atoms with Crippen LogP contribution in [0, 0.1) is 12.8 Å². The summed E-state index contributed by atoms with van der Waals surface area (Å²) < 4.78 is 1.83. The number of carbonyl (C=O) groups is 1. The highest BCUT2D eigenvalue weighted by Gasteiger charge is 2.25. The smallest absolute Gasteiger partial charge is 0.225 e. The molecule has 7 heteroatoms. The number of nitrogens with one attached hydrogen (secondary N) is 1. The predicted octanol–water partition coefficient (Wildman–Crippen LogP) is 0.787. The molecular formula is C17H22N6O. The van der Waals surface area contributed by atoms with Crippen LogP contribution in [0.1, 0.15) is 41.4 Å². The molecule has 4 rings (SSSR count). The quantitative estimate of drug-likeness (QED) is 0.898. The van der Waals surface area contributed by atoms with Gasteiger partial charge in [0.2, 0.25) is 5.91 Å². The summed E-state index contributed by atoms with van der Waals surface area (Å²) in [6.07, 6.45) is 7.22. The van der Waals surface area contributed by atoms with Crippen molar-refractivity contribution >= 4 is 5.91 Å². The highest BCUT2D eigenvalue weighted by atomic mass is 16.1. The van der Waals surface area contributed by atoms with Crippen molar-refractivity contribution in [1.29, 1.82) is 0 Å². The van der Waals surface area contributed by atoms with Gasteiger partial charge in [0.05, 0.1) is 12.5 Å². The molecule has 0 bridgehead atoms. The molecule has 2 aromatic heterocycles. The van der Waals surface area contributed by atoms with E-state index in [1.807, 2.05) is 4.68 Å². The number of nitrogens with zero attached hydrogens (tertiary/aromatic N) is 5. The van der Waals surface area contributed by atoms with Crippen LogP contribution in [0.5, 0.6) is 0 Å². The number of hydrogen-bond donors (Lipinski definition) is 1. The fourth-order valence-electron chi connectivity index (χ4n) is 3.69. The Morgan fingerprint density at radius 2 is 2.25 bits per heavy atom. The molecule has 0 saturated carbocycles. The zero-order valence-electron chi connectivity index (χ0n) is 14.0. The van der Waals surface area contributed by atoms with Gasteiger partial charge in [-0.05, 0) is 38.2 Å². The first kappa shape index (κ1) is 15.2. The van der Waals surface area contributed by atoms with Gasteiger partial charge in [0.25, 0.3) is 0 Å². The van der Waals surface area contributed by atoms with Gasteiger partial charge < -0.3 is 5.32 Å². The van der Waals surface area contributed by atoms with E-state index in [4.69, 9.17) is 0 Å². The van der Waals surface area contributed by atoms with Gasteiger partial charge in [-0.25, -0.2) is 19.6 Å². The minimum atomic E-state index is -0.0260. The van der Waals surface area contributed by atoms with Crippen molar-refractivity contribution in [3.8, 4) is 0 Å². The summed E-state index contributed by atoms with van der Waals surface area (Å²) in [5.41, 5.74) is 3.63. The Hall–Kier alpha value is -2.31. The van der Waals surface area contributed by atoms with Crippen molar-refractivity contribution in [3.63, 3.8) is 0 Å². The Labute approximate surface area is 140 Å². The minimum absolute atomic E-state index is 0.0260. The number of hydrogen-bond acceptors (Lipinski definition) is 5. The third-order valence-electron chi connectivity index (χ3n) is 5.01. The lowest BCUT2D eigenvalue weighted by molar-refractivity contribution is -0.126. The van der Waals surface area contributed by atoms with Gasteiger partial charge in [-0.15, -0.1) is 0 Å². The summed E-state index contributed by atoms with van der Waals surface area (Å²) in [7, 11) is 0. The molecule has 24 heavy (non-hydrogen) atoms. The van der Waals surface area contributed by atoms with E-state index in [1.54, 1.807) is 6.33 Å². The minimum Gasteiger partial charge on any atom is -0.355 e. The molecule has 126 valence electrons. The number of aryl methyl sites for hydroxylation is 3. The molecule has 0 saturated heterocycles. The monoisotopic (exact) mass is 326 g/mol. The highest BCUT2D eigenvalue weighted by molar-refractivity contribution is 5.78. The maximum Gasteiger partial charge on any atom is 0.225 e. The van der Waals surface area contributed by atoms with Crippen molar-refractivity contribution in [3.05, 3.63) is 34.9 Å². The summed E-state index contributed by atoms with van der Waals surface area (Å²) in [5, 5.41) is 7.20. The summed E-state index contributed by atoms with van der Waals surface area (Å²) in [6, 6.07) is 0. The fourth-order valence-corrected chi connectivity index (χ4v) is 3.69. The van der Waals surface area contributed by atoms with Crippen LogP contribution in [0.4, 0.5) is 0 Å². The molecule has 0 radical (unpaired) electrons. The lowest BCUT2D eigenvalue weighted by atomic mass is 9.99. The molecular weight excluding hydrogens is 304 g/mol. The Morgan fingerprint density at radius 3 is 3.17 bits per heavy atom. The number of rotatable bonds is 4. The zero-order valence-corrected chi connectivity index (χ0v) is 14.0. The largest absolute Gasteiger partial charge is 0.355 e. The molecule has 1 unspecified atom stereocenters. The van der Waals surface area contributed by atoms with Crippen molar-refractivity contribution in [2.45, 2.75) is 52.0 Å². The van der Waals surface area contributed by atoms with Crippen LogP contribution in [0.25, 0.3) is 0 Å². The summed E-state index contributed by atoms with van der Waals surface area (Å²) in [5.74, 6) is 1.88. The summed E-state index contributed by atoms with van der Waals surface area (Å²) in [4.78, 5) is 25.8. The molecule has 7 nitrogen and oxygen atoms in total. The Bertz CT molecular complexity index is 768. The first-order valence-corrected chi connectivity index (χ1v) is 8.70. The van der Waals surface area contributed by atoms with Crippen molar-refractivity contribution in [2.24, 2.45) is 5.92 Å². The molecule has 1 atom stereocenters. The summed E-state index contributed by atoms with van der Waals surface area (Å²) in [6.45, 7) is 3.26. The molecule has 2 aliphatic rings. The number of aromatic nitrogens is 5. The normalized spacial score (nSPS) is 19.0. The van der Waals surface area contributed by atoms with E-state index in [0.29, 0.717) is 19.5 Å². The summed E-state index contributed by atoms with van der Waals surface area (Å²) >= 11 is 0. The second kappa shape index (κ2) is 6.30. The number of amides is 1. The first-order valence-electron chi connectivity index (χ1n) is 8.70. The van der Waals surface area contributed by atoms with E-state index in [0.717, 1.165) is 43.0 Å². The molecule has 0 spiro atoms. The van der Waals surface area contributed by atoms with Crippen LogP contribution in [-0.2, 0) is 37.0 Å². The van der Waals surface area contributed by atoms with Gasteiger partial charge in [0.15, 0.2) is 0 Å².